The van der Waals surface area contributed by atoms with Gasteiger partial charge in [-0.15, -0.1) is 0 Å². The van der Waals surface area contributed by atoms with Crippen molar-refractivity contribution in [1.82, 2.24) is 15.1 Å². The van der Waals surface area contributed by atoms with Gasteiger partial charge in [0.2, 0.25) is 11.7 Å². The molecule has 96 valence electrons. The second-order valence-corrected chi connectivity index (χ2v) is 4.46. The monoisotopic (exact) mass is 246 g/mol. The smallest absolute Gasteiger partial charge is 0.229 e. The Kier molecular flexibility index (Phi) is 4.04. The molecule has 1 atom stereocenters. The van der Waals surface area contributed by atoms with Crippen LogP contribution in [-0.4, -0.2) is 21.7 Å². The molecule has 5 heteroatoms. The Morgan fingerprint density at radius 3 is 3.00 bits per heavy atom. The van der Waals surface area contributed by atoms with Gasteiger partial charge in [-0.05, 0) is 37.9 Å². The van der Waals surface area contributed by atoms with Crippen LogP contribution in [0, 0.1) is 6.92 Å². The molecule has 18 heavy (non-hydrogen) atoms. The summed E-state index contributed by atoms with van der Waals surface area (Å²) >= 11 is 0. The van der Waals surface area contributed by atoms with Crippen LogP contribution in [0.1, 0.15) is 37.1 Å². The fourth-order valence-corrected chi connectivity index (χ4v) is 1.80. The van der Waals surface area contributed by atoms with Gasteiger partial charge < -0.3 is 10.3 Å². The highest BCUT2D eigenvalue weighted by atomic mass is 16.5. The molecule has 5 nitrogen and oxygen atoms in total. The van der Waals surface area contributed by atoms with Crippen LogP contribution in [0.3, 0.4) is 0 Å². The average molecular weight is 246 g/mol. The van der Waals surface area contributed by atoms with E-state index in [0.717, 1.165) is 24.1 Å². The minimum absolute atomic E-state index is 0.235. The fourth-order valence-electron chi connectivity index (χ4n) is 1.80. The standard InChI is InChI=1S/C13H18N4O/c1-9-6-4-8-15-11(9)12-16-13(18-17-12)10(2)5-3-7-14/h4,6,8,10H,3,5,7,14H2,1-2H3. The van der Waals surface area contributed by atoms with Crippen LogP contribution in [0.2, 0.25) is 0 Å². The number of rotatable bonds is 5. The summed E-state index contributed by atoms with van der Waals surface area (Å²) in [6.07, 6.45) is 3.65. The molecule has 2 aromatic heterocycles. The molecule has 0 aromatic carbocycles. The van der Waals surface area contributed by atoms with Gasteiger partial charge in [0.1, 0.15) is 5.69 Å². The predicted octanol–water partition coefficient (Wildman–Crippen LogP) is 2.28. The third-order valence-electron chi connectivity index (χ3n) is 2.93. The summed E-state index contributed by atoms with van der Waals surface area (Å²) in [4.78, 5) is 8.69. The molecule has 1 unspecified atom stereocenters. The highest BCUT2D eigenvalue weighted by molar-refractivity contribution is 5.53. The first-order valence-corrected chi connectivity index (χ1v) is 6.18. The minimum atomic E-state index is 0.235. The molecule has 0 amide bonds. The van der Waals surface area contributed by atoms with Gasteiger partial charge in [-0.25, -0.2) is 0 Å². The number of hydrogen-bond acceptors (Lipinski definition) is 5. The molecule has 0 aliphatic carbocycles. The van der Waals surface area contributed by atoms with Gasteiger partial charge in [0, 0.05) is 12.1 Å². The van der Waals surface area contributed by atoms with Gasteiger partial charge in [-0.1, -0.05) is 18.1 Å². The van der Waals surface area contributed by atoms with Gasteiger partial charge >= 0.3 is 0 Å². The Bertz CT molecular complexity index is 509. The second kappa shape index (κ2) is 5.73. The van der Waals surface area contributed by atoms with Crippen molar-refractivity contribution < 1.29 is 4.52 Å². The molecule has 0 saturated heterocycles. The van der Waals surface area contributed by atoms with Crippen LogP contribution in [0.4, 0.5) is 0 Å². The van der Waals surface area contributed by atoms with E-state index in [1.165, 1.54) is 0 Å². The van der Waals surface area contributed by atoms with Crippen molar-refractivity contribution in [1.29, 1.82) is 0 Å². The van der Waals surface area contributed by atoms with E-state index in [4.69, 9.17) is 10.3 Å². The van der Waals surface area contributed by atoms with Crippen LogP contribution in [0.15, 0.2) is 22.9 Å². The Balaban J connectivity index is 2.18. The van der Waals surface area contributed by atoms with Crippen LogP contribution in [-0.2, 0) is 0 Å². The topological polar surface area (TPSA) is 77.8 Å². The number of pyridine rings is 1. The van der Waals surface area contributed by atoms with Gasteiger partial charge in [-0.3, -0.25) is 4.98 Å². The lowest BCUT2D eigenvalue weighted by molar-refractivity contribution is 0.352. The van der Waals surface area contributed by atoms with Gasteiger partial charge in [0.05, 0.1) is 0 Å². The number of aromatic nitrogens is 3. The SMILES string of the molecule is Cc1cccnc1-c1noc(C(C)CCCN)n1. The maximum Gasteiger partial charge on any atom is 0.229 e. The summed E-state index contributed by atoms with van der Waals surface area (Å²) in [7, 11) is 0. The fraction of sp³-hybridized carbons (Fsp3) is 0.462. The molecule has 0 fully saturated rings. The highest BCUT2D eigenvalue weighted by Crippen LogP contribution is 2.22. The molecule has 0 aliphatic rings. The summed E-state index contributed by atoms with van der Waals surface area (Å²) in [5.74, 6) is 1.45. The first-order valence-electron chi connectivity index (χ1n) is 6.18. The van der Waals surface area contributed by atoms with E-state index < -0.39 is 0 Å². The van der Waals surface area contributed by atoms with E-state index in [2.05, 4.69) is 22.0 Å². The van der Waals surface area contributed by atoms with Crippen LogP contribution < -0.4 is 5.73 Å². The Labute approximate surface area is 106 Å². The molecule has 0 bridgehead atoms. The van der Waals surface area contributed by atoms with E-state index in [-0.39, 0.29) is 5.92 Å². The third-order valence-corrected chi connectivity index (χ3v) is 2.93. The highest BCUT2D eigenvalue weighted by Gasteiger charge is 2.16. The van der Waals surface area contributed by atoms with Crippen molar-refractivity contribution in [2.45, 2.75) is 32.6 Å². The van der Waals surface area contributed by atoms with Crippen molar-refractivity contribution in [3.05, 3.63) is 29.8 Å². The van der Waals surface area contributed by atoms with E-state index in [1.54, 1.807) is 6.20 Å². The largest absolute Gasteiger partial charge is 0.339 e. The summed E-state index contributed by atoms with van der Waals surface area (Å²) < 4.78 is 5.29. The Hall–Kier alpha value is -1.75. The molecular formula is C13H18N4O. The quantitative estimate of drug-likeness (QED) is 0.875. The Morgan fingerprint density at radius 2 is 2.28 bits per heavy atom. The third kappa shape index (κ3) is 2.73. The summed E-state index contributed by atoms with van der Waals surface area (Å²) in [6.45, 7) is 4.74. The zero-order valence-electron chi connectivity index (χ0n) is 10.8. The van der Waals surface area contributed by atoms with Crippen LogP contribution in [0.25, 0.3) is 11.5 Å². The normalized spacial score (nSPS) is 12.6. The molecule has 0 aliphatic heterocycles. The molecule has 2 N–H and O–H groups in total. The molecule has 2 rings (SSSR count). The Morgan fingerprint density at radius 1 is 1.44 bits per heavy atom. The molecule has 0 saturated carbocycles. The van der Waals surface area contributed by atoms with Crippen molar-refractivity contribution in [3.8, 4) is 11.5 Å². The van der Waals surface area contributed by atoms with Gasteiger partial charge in [0.25, 0.3) is 0 Å². The maximum absolute atomic E-state index is 5.49. The first-order chi connectivity index (χ1) is 8.72. The molecule has 2 heterocycles. The second-order valence-electron chi connectivity index (χ2n) is 4.46. The lowest BCUT2D eigenvalue weighted by Gasteiger charge is -2.03. The molecular weight excluding hydrogens is 228 g/mol. The van der Waals surface area contributed by atoms with Crippen molar-refractivity contribution >= 4 is 0 Å². The van der Waals surface area contributed by atoms with Crippen molar-refractivity contribution in [3.63, 3.8) is 0 Å². The lowest BCUT2D eigenvalue weighted by atomic mass is 10.1. The maximum atomic E-state index is 5.49. The van der Waals surface area contributed by atoms with Crippen LogP contribution >= 0.6 is 0 Å². The number of nitrogens with two attached hydrogens (primary N) is 1. The number of nitrogens with zero attached hydrogens (tertiary/aromatic N) is 3. The van der Waals surface area contributed by atoms with Crippen LogP contribution in [0.5, 0.6) is 0 Å². The van der Waals surface area contributed by atoms with Gasteiger partial charge in [-0.2, -0.15) is 4.98 Å². The van der Waals surface area contributed by atoms with E-state index in [9.17, 15) is 0 Å². The van der Waals surface area contributed by atoms with E-state index >= 15 is 0 Å². The lowest BCUT2D eigenvalue weighted by Crippen LogP contribution is -2.02. The minimum Gasteiger partial charge on any atom is -0.339 e. The number of hydrogen-bond donors (Lipinski definition) is 1. The van der Waals surface area contributed by atoms with E-state index in [1.807, 2.05) is 19.1 Å². The van der Waals surface area contributed by atoms with E-state index in [0.29, 0.717) is 18.3 Å². The van der Waals surface area contributed by atoms with Gasteiger partial charge in [0.15, 0.2) is 0 Å². The average Bonchev–Trinajstić information content (AvgIpc) is 2.86. The summed E-state index contributed by atoms with van der Waals surface area (Å²) in [5, 5.41) is 4.00. The zero-order valence-corrected chi connectivity index (χ0v) is 10.8. The summed E-state index contributed by atoms with van der Waals surface area (Å²) in [5.41, 5.74) is 7.31. The first kappa shape index (κ1) is 12.7. The molecule has 0 spiro atoms. The molecule has 2 aromatic rings. The number of aryl methyl sites for hydroxylation is 1. The predicted molar refractivity (Wildman–Crippen MR) is 69.0 cm³/mol. The zero-order chi connectivity index (χ0) is 13.0. The molecule has 0 radical (unpaired) electrons. The summed E-state index contributed by atoms with van der Waals surface area (Å²) in [6, 6.07) is 3.87. The van der Waals surface area contributed by atoms with Crippen molar-refractivity contribution in [2.24, 2.45) is 5.73 Å². The van der Waals surface area contributed by atoms with Crippen molar-refractivity contribution in [2.75, 3.05) is 6.54 Å².